The molecular weight excluding hydrogens is 336 g/mol. The van der Waals surface area contributed by atoms with Gasteiger partial charge in [0.15, 0.2) is 6.61 Å². The molecule has 1 aliphatic heterocycles. The third kappa shape index (κ3) is 5.44. The van der Waals surface area contributed by atoms with Gasteiger partial charge in [0.05, 0.1) is 13.2 Å². The summed E-state index contributed by atoms with van der Waals surface area (Å²) in [6.07, 6.45) is 0.581. The predicted octanol–water partition coefficient (Wildman–Crippen LogP) is 2.07. The third-order valence-electron chi connectivity index (χ3n) is 4.46. The number of nitrogens with zero attached hydrogens (tertiary/aromatic N) is 1. The summed E-state index contributed by atoms with van der Waals surface area (Å²) >= 11 is 0. The Morgan fingerprint density at radius 3 is 2.42 bits per heavy atom. The van der Waals surface area contributed by atoms with Crippen molar-refractivity contribution in [2.24, 2.45) is 0 Å². The molecule has 144 valence electrons. The van der Waals surface area contributed by atoms with E-state index in [1.165, 1.54) is 0 Å². The van der Waals surface area contributed by atoms with E-state index in [0.29, 0.717) is 50.8 Å². The molecule has 26 heavy (non-hydrogen) atoms. The summed E-state index contributed by atoms with van der Waals surface area (Å²) in [4.78, 5) is 26.2. The molecule has 0 bridgehead atoms. The van der Waals surface area contributed by atoms with Gasteiger partial charge >= 0.3 is 0 Å². The summed E-state index contributed by atoms with van der Waals surface area (Å²) in [5.41, 5.74) is -0.199. The number of carbonyl (C=O) groups excluding carboxylic acids is 2. The van der Waals surface area contributed by atoms with Gasteiger partial charge in [0.25, 0.3) is 11.8 Å². The number of anilines is 1. The fourth-order valence-electron chi connectivity index (χ4n) is 2.59. The van der Waals surface area contributed by atoms with Crippen molar-refractivity contribution in [3.8, 4) is 5.75 Å². The second-order valence-corrected chi connectivity index (χ2v) is 6.28. The Hall–Kier alpha value is -2.12. The van der Waals surface area contributed by atoms with Crippen molar-refractivity contribution in [1.82, 2.24) is 4.90 Å². The first kappa shape index (κ1) is 20.2. The Morgan fingerprint density at radius 1 is 1.19 bits per heavy atom. The van der Waals surface area contributed by atoms with E-state index in [-0.39, 0.29) is 18.4 Å². The summed E-state index contributed by atoms with van der Waals surface area (Å²) in [6.45, 7) is 8.36. The first-order valence-electron chi connectivity index (χ1n) is 9.02. The number of hydrogen-bond donors (Lipinski definition) is 1. The van der Waals surface area contributed by atoms with Crippen LogP contribution in [0.1, 0.15) is 27.2 Å². The molecule has 1 heterocycles. The van der Waals surface area contributed by atoms with Crippen LogP contribution in [-0.2, 0) is 19.1 Å². The molecule has 1 saturated heterocycles. The standard InChI is InChI=1S/C19H28N2O5/c1-4-19(3,26-5-2)18(23)20-15-6-8-16(9-7-15)25-14-17(22)21-10-12-24-13-11-21/h6-9H,4-5,10-14H2,1-3H3,(H,20,23). The molecule has 0 aliphatic carbocycles. The van der Waals surface area contributed by atoms with E-state index >= 15 is 0 Å². The molecule has 1 aromatic rings. The number of carbonyl (C=O) groups is 2. The SMILES string of the molecule is CCOC(C)(CC)C(=O)Nc1ccc(OCC(=O)N2CCOCC2)cc1. The van der Waals surface area contributed by atoms with Crippen molar-refractivity contribution in [3.05, 3.63) is 24.3 Å². The van der Waals surface area contributed by atoms with Gasteiger partial charge in [0.1, 0.15) is 11.4 Å². The highest BCUT2D eigenvalue weighted by Crippen LogP contribution is 2.20. The molecule has 2 rings (SSSR count). The molecule has 1 aromatic carbocycles. The Bertz CT molecular complexity index is 598. The van der Waals surface area contributed by atoms with Crippen molar-refractivity contribution in [1.29, 1.82) is 0 Å². The molecule has 7 nitrogen and oxygen atoms in total. The molecule has 1 unspecified atom stereocenters. The number of nitrogens with one attached hydrogen (secondary N) is 1. The number of rotatable bonds is 8. The zero-order chi connectivity index (χ0) is 19.0. The van der Waals surface area contributed by atoms with E-state index in [0.717, 1.165) is 0 Å². The van der Waals surface area contributed by atoms with Gasteiger partial charge in [-0.25, -0.2) is 0 Å². The Morgan fingerprint density at radius 2 is 1.85 bits per heavy atom. The lowest BCUT2D eigenvalue weighted by atomic mass is 10.0. The van der Waals surface area contributed by atoms with E-state index in [1.54, 1.807) is 36.1 Å². The first-order valence-corrected chi connectivity index (χ1v) is 9.02. The normalized spacial score (nSPS) is 16.7. The Balaban J connectivity index is 1.85. The Labute approximate surface area is 154 Å². The first-order chi connectivity index (χ1) is 12.5. The summed E-state index contributed by atoms with van der Waals surface area (Å²) in [5.74, 6) is 0.340. The van der Waals surface area contributed by atoms with Gasteiger partial charge in [0.2, 0.25) is 0 Å². The van der Waals surface area contributed by atoms with Crippen molar-refractivity contribution in [3.63, 3.8) is 0 Å². The van der Waals surface area contributed by atoms with E-state index in [1.807, 2.05) is 13.8 Å². The van der Waals surface area contributed by atoms with Crippen LogP contribution in [0.2, 0.25) is 0 Å². The number of hydrogen-bond acceptors (Lipinski definition) is 5. The molecule has 0 saturated carbocycles. The van der Waals surface area contributed by atoms with Crippen LogP contribution in [0.4, 0.5) is 5.69 Å². The monoisotopic (exact) mass is 364 g/mol. The molecular formula is C19H28N2O5. The topological polar surface area (TPSA) is 77.1 Å². The van der Waals surface area contributed by atoms with Crippen LogP contribution in [0.25, 0.3) is 0 Å². The van der Waals surface area contributed by atoms with Gasteiger partial charge in [0, 0.05) is 25.4 Å². The smallest absolute Gasteiger partial charge is 0.260 e. The van der Waals surface area contributed by atoms with Gasteiger partial charge in [-0.15, -0.1) is 0 Å². The molecule has 7 heteroatoms. The van der Waals surface area contributed by atoms with Gasteiger partial charge < -0.3 is 24.4 Å². The highest BCUT2D eigenvalue weighted by molar-refractivity contribution is 5.97. The summed E-state index contributed by atoms with van der Waals surface area (Å²) in [7, 11) is 0. The van der Waals surface area contributed by atoms with Gasteiger partial charge in [-0.2, -0.15) is 0 Å². The van der Waals surface area contributed by atoms with Crippen LogP contribution >= 0.6 is 0 Å². The number of benzene rings is 1. The average molecular weight is 364 g/mol. The Kier molecular flexibility index (Phi) is 7.41. The third-order valence-corrected chi connectivity index (χ3v) is 4.46. The lowest BCUT2D eigenvalue weighted by Gasteiger charge is -2.27. The maximum absolute atomic E-state index is 12.4. The number of ether oxygens (including phenoxy) is 3. The second-order valence-electron chi connectivity index (χ2n) is 6.28. The second kappa shape index (κ2) is 9.54. The fraction of sp³-hybridized carbons (Fsp3) is 0.579. The number of morpholine rings is 1. The predicted molar refractivity (Wildman–Crippen MR) is 98.3 cm³/mol. The summed E-state index contributed by atoms with van der Waals surface area (Å²) in [6, 6.07) is 6.95. The van der Waals surface area contributed by atoms with E-state index in [2.05, 4.69) is 5.32 Å². The largest absolute Gasteiger partial charge is 0.484 e. The zero-order valence-electron chi connectivity index (χ0n) is 15.7. The van der Waals surface area contributed by atoms with Crippen molar-refractivity contribution < 1.29 is 23.8 Å². The van der Waals surface area contributed by atoms with Crippen LogP contribution in [0.3, 0.4) is 0 Å². The van der Waals surface area contributed by atoms with Gasteiger partial charge in [-0.1, -0.05) is 6.92 Å². The van der Waals surface area contributed by atoms with Crippen LogP contribution in [0.5, 0.6) is 5.75 Å². The van der Waals surface area contributed by atoms with Crippen molar-refractivity contribution in [2.45, 2.75) is 32.8 Å². The maximum atomic E-state index is 12.4. The van der Waals surface area contributed by atoms with Gasteiger partial charge in [-0.3, -0.25) is 9.59 Å². The van der Waals surface area contributed by atoms with E-state index < -0.39 is 5.60 Å². The minimum absolute atomic E-state index is 0.00997. The molecule has 0 aromatic heterocycles. The molecule has 2 amide bonds. The fourth-order valence-corrected chi connectivity index (χ4v) is 2.59. The minimum atomic E-state index is -0.853. The lowest BCUT2D eigenvalue weighted by molar-refractivity contribution is -0.139. The molecule has 1 aliphatic rings. The average Bonchev–Trinajstić information content (AvgIpc) is 2.68. The van der Waals surface area contributed by atoms with Crippen LogP contribution < -0.4 is 10.1 Å². The number of amides is 2. The molecule has 1 atom stereocenters. The van der Waals surface area contributed by atoms with E-state index in [9.17, 15) is 9.59 Å². The highest BCUT2D eigenvalue weighted by Gasteiger charge is 2.31. The highest BCUT2D eigenvalue weighted by atomic mass is 16.5. The zero-order valence-corrected chi connectivity index (χ0v) is 15.7. The summed E-state index contributed by atoms with van der Waals surface area (Å²) in [5, 5.41) is 2.85. The molecule has 1 N–H and O–H groups in total. The van der Waals surface area contributed by atoms with Gasteiger partial charge in [-0.05, 0) is 44.5 Å². The lowest BCUT2D eigenvalue weighted by Crippen LogP contribution is -2.43. The minimum Gasteiger partial charge on any atom is -0.484 e. The van der Waals surface area contributed by atoms with Crippen LogP contribution in [0, 0.1) is 0 Å². The molecule has 0 spiro atoms. The molecule has 1 fully saturated rings. The van der Waals surface area contributed by atoms with Crippen molar-refractivity contribution in [2.75, 3.05) is 44.8 Å². The maximum Gasteiger partial charge on any atom is 0.260 e. The molecule has 0 radical (unpaired) electrons. The summed E-state index contributed by atoms with van der Waals surface area (Å²) < 4.78 is 16.3. The van der Waals surface area contributed by atoms with Crippen LogP contribution in [-0.4, -0.2) is 61.8 Å². The van der Waals surface area contributed by atoms with E-state index in [4.69, 9.17) is 14.2 Å². The quantitative estimate of drug-likeness (QED) is 0.764. The van der Waals surface area contributed by atoms with Crippen molar-refractivity contribution >= 4 is 17.5 Å². The van der Waals surface area contributed by atoms with Crippen LogP contribution in [0.15, 0.2) is 24.3 Å².